The third kappa shape index (κ3) is 2.99. The molecule has 0 spiro atoms. The van der Waals surface area contributed by atoms with Crippen molar-refractivity contribution in [1.82, 2.24) is 0 Å². The van der Waals surface area contributed by atoms with Crippen molar-refractivity contribution in [1.29, 1.82) is 0 Å². The molecule has 0 aliphatic rings. The summed E-state index contributed by atoms with van der Waals surface area (Å²) in [5.74, 6) is -1.01. The van der Waals surface area contributed by atoms with Gasteiger partial charge in [0.1, 0.15) is 0 Å². The molecular weight excluding hydrogens is 291 g/mol. The second-order valence-corrected chi connectivity index (χ2v) is 5.41. The number of carboxylic acid groups (broad SMARTS) is 1. The highest BCUT2D eigenvalue weighted by Gasteiger charge is 2.13. The molecule has 1 N–H and O–H groups in total. The van der Waals surface area contributed by atoms with Crippen molar-refractivity contribution in [2.75, 3.05) is 0 Å². The van der Waals surface area contributed by atoms with E-state index in [1.54, 1.807) is 18.2 Å². The number of halogens is 2. The van der Waals surface area contributed by atoms with Gasteiger partial charge in [-0.2, -0.15) is 0 Å². The van der Waals surface area contributed by atoms with Crippen LogP contribution >= 0.6 is 35.0 Å². The van der Waals surface area contributed by atoms with Crippen LogP contribution in [0.3, 0.4) is 0 Å². The van der Waals surface area contributed by atoms with E-state index in [0.717, 1.165) is 4.90 Å². The Balaban J connectivity index is 2.41. The molecule has 2 aromatic carbocycles. The van der Waals surface area contributed by atoms with E-state index in [2.05, 4.69) is 0 Å². The molecule has 0 heterocycles. The summed E-state index contributed by atoms with van der Waals surface area (Å²) in [4.78, 5) is 12.6. The fourth-order valence-electron chi connectivity index (χ4n) is 1.40. The lowest BCUT2D eigenvalue weighted by Crippen LogP contribution is -1.98. The van der Waals surface area contributed by atoms with Gasteiger partial charge in [-0.25, -0.2) is 4.79 Å². The Morgan fingerprint density at radius 1 is 1.06 bits per heavy atom. The van der Waals surface area contributed by atoms with Crippen LogP contribution in [0.15, 0.2) is 52.3 Å². The minimum atomic E-state index is -1.01. The van der Waals surface area contributed by atoms with E-state index in [-0.39, 0.29) is 5.56 Å². The SMILES string of the molecule is O=C(O)c1cc(Cl)ccc1Sc1ccccc1Cl. The van der Waals surface area contributed by atoms with Gasteiger partial charge in [-0.05, 0) is 30.3 Å². The van der Waals surface area contributed by atoms with Gasteiger partial charge in [0.05, 0.1) is 10.6 Å². The monoisotopic (exact) mass is 298 g/mol. The van der Waals surface area contributed by atoms with Crippen molar-refractivity contribution >= 4 is 40.9 Å². The maximum absolute atomic E-state index is 11.1. The highest BCUT2D eigenvalue weighted by molar-refractivity contribution is 7.99. The van der Waals surface area contributed by atoms with E-state index in [9.17, 15) is 4.79 Å². The summed E-state index contributed by atoms with van der Waals surface area (Å²) in [5.41, 5.74) is 0.174. The molecular formula is C13H8Cl2O2S. The van der Waals surface area contributed by atoms with Crippen LogP contribution in [0, 0.1) is 0 Å². The Kier molecular flexibility index (Phi) is 4.17. The zero-order valence-corrected chi connectivity index (χ0v) is 11.4. The standard InChI is InChI=1S/C13H8Cl2O2S/c14-8-5-6-11(9(7-8)13(16)17)18-12-4-2-1-3-10(12)15/h1-7H,(H,16,17). The minimum absolute atomic E-state index is 0.174. The Bertz CT molecular complexity index is 599. The Hall–Kier alpha value is -1.16. The van der Waals surface area contributed by atoms with Crippen molar-refractivity contribution in [2.45, 2.75) is 9.79 Å². The van der Waals surface area contributed by atoms with Gasteiger partial charge in [0.2, 0.25) is 0 Å². The van der Waals surface area contributed by atoms with Crippen LogP contribution in [0.25, 0.3) is 0 Å². The summed E-state index contributed by atoms with van der Waals surface area (Å²) in [7, 11) is 0. The fourth-order valence-corrected chi connectivity index (χ4v) is 2.77. The molecule has 0 amide bonds. The molecule has 0 aliphatic carbocycles. The molecule has 0 fully saturated rings. The first kappa shape index (κ1) is 13.3. The number of carbonyl (C=O) groups is 1. The molecule has 0 bridgehead atoms. The normalized spacial score (nSPS) is 10.3. The molecule has 2 rings (SSSR count). The lowest BCUT2D eigenvalue weighted by atomic mass is 10.2. The van der Waals surface area contributed by atoms with E-state index in [4.69, 9.17) is 28.3 Å². The molecule has 92 valence electrons. The van der Waals surface area contributed by atoms with Gasteiger partial charge < -0.3 is 5.11 Å². The average Bonchev–Trinajstić information content (AvgIpc) is 2.34. The summed E-state index contributed by atoms with van der Waals surface area (Å²) in [6, 6.07) is 12.1. The van der Waals surface area contributed by atoms with Crippen molar-refractivity contribution in [2.24, 2.45) is 0 Å². The van der Waals surface area contributed by atoms with Crippen molar-refractivity contribution in [3.63, 3.8) is 0 Å². The predicted molar refractivity (Wildman–Crippen MR) is 74.0 cm³/mol. The number of aromatic carboxylic acids is 1. The fraction of sp³-hybridized carbons (Fsp3) is 0. The Morgan fingerprint density at radius 3 is 2.44 bits per heavy atom. The summed E-state index contributed by atoms with van der Waals surface area (Å²) in [6.45, 7) is 0. The Morgan fingerprint density at radius 2 is 1.78 bits per heavy atom. The zero-order valence-electron chi connectivity index (χ0n) is 9.06. The van der Waals surface area contributed by atoms with Crippen molar-refractivity contribution in [3.05, 3.63) is 58.1 Å². The number of benzene rings is 2. The molecule has 0 atom stereocenters. The van der Waals surface area contributed by atoms with E-state index < -0.39 is 5.97 Å². The highest BCUT2D eigenvalue weighted by Crippen LogP contribution is 2.35. The molecule has 0 saturated heterocycles. The second-order valence-electron chi connectivity index (χ2n) is 3.48. The van der Waals surface area contributed by atoms with Gasteiger partial charge in [-0.1, -0.05) is 47.1 Å². The Labute approximate surface area is 119 Å². The van der Waals surface area contributed by atoms with Crippen LogP contribution in [-0.2, 0) is 0 Å². The molecule has 5 heteroatoms. The largest absolute Gasteiger partial charge is 0.478 e. The van der Waals surface area contributed by atoms with Crippen LogP contribution < -0.4 is 0 Å². The lowest BCUT2D eigenvalue weighted by Gasteiger charge is -2.07. The van der Waals surface area contributed by atoms with E-state index in [1.165, 1.54) is 17.8 Å². The molecule has 0 saturated carbocycles. The van der Waals surface area contributed by atoms with E-state index in [1.807, 2.05) is 18.2 Å². The van der Waals surface area contributed by atoms with Crippen LogP contribution in [0.5, 0.6) is 0 Å². The number of hydrogen-bond acceptors (Lipinski definition) is 2. The molecule has 2 nitrogen and oxygen atoms in total. The van der Waals surface area contributed by atoms with E-state index in [0.29, 0.717) is 14.9 Å². The summed E-state index contributed by atoms with van der Waals surface area (Å²) < 4.78 is 0. The first-order valence-corrected chi connectivity index (χ1v) is 6.60. The van der Waals surface area contributed by atoms with Crippen molar-refractivity contribution in [3.8, 4) is 0 Å². The smallest absolute Gasteiger partial charge is 0.336 e. The van der Waals surface area contributed by atoms with Crippen LogP contribution in [0.2, 0.25) is 10.0 Å². The summed E-state index contributed by atoms with van der Waals surface area (Å²) in [5, 5.41) is 10.1. The lowest BCUT2D eigenvalue weighted by molar-refractivity contribution is 0.0693. The van der Waals surface area contributed by atoms with Gasteiger partial charge in [0.25, 0.3) is 0 Å². The number of hydrogen-bond donors (Lipinski definition) is 1. The third-order valence-corrected chi connectivity index (χ3v) is 4.06. The number of carboxylic acids is 1. The maximum atomic E-state index is 11.1. The number of rotatable bonds is 3. The highest BCUT2D eigenvalue weighted by atomic mass is 35.5. The maximum Gasteiger partial charge on any atom is 0.336 e. The van der Waals surface area contributed by atoms with Gasteiger partial charge in [0, 0.05) is 14.8 Å². The van der Waals surface area contributed by atoms with Gasteiger partial charge in [-0.3, -0.25) is 0 Å². The third-order valence-electron chi connectivity index (χ3n) is 2.23. The molecule has 18 heavy (non-hydrogen) atoms. The van der Waals surface area contributed by atoms with E-state index >= 15 is 0 Å². The first-order valence-electron chi connectivity index (χ1n) is 5.03. The molecule has 2 aromatic rings. The van der Waals surface area contributed by atoms with Crippen molar-refractivity contribution < 1.29 is 9.90 Å². The molecule has 0 radical (unpaired) electrons. The molecule has 0 aromatic heterocycles. The van der Waals surface area contributed by atoms with Gasteiger partial charge in [0.15, 0.2) is 0 Å². The second kappa shape index (κ2) is 5.65. The zero-order chi connectivity index (χ0) is 13.1. The van der Waals surface area contributed by atoms with Crippen LogP contribution in [-0.4, -0.2) is 11.1 Å². The molecule has 0 aliphatic heterocycles. The van der Waals surface area contributed by atoms with Gasteiger partial charge >= 0.3 is 5.97 Å². The summed E-state index contributed by atoms with van der Waals surface area (Å²) >= 11 is 13.1. The minimum Gasteiger partial charge on any atom is -0.478 e. The molecule has 0 unspecified atom stereocenters. The predicted octanol–water partition coefficient (Wildman–Crippen LogP) is 4.84. The average molecular weight is 299 g/mol. The first-order chi connectivity index (χ1) is 8.58. The summed E-state index contributed by atoms with van der Waals surface area (Å²) in [6.07, 6.45) is 0. The topological polar surface area (TPSA) is 37.3 Å². The van der Waals surface area contributed by atoms with Crippen LogP contribution in [0.1, 0.15) is 10.4 Å². The van der Waals surface area contributed by atoms with Gasteiger partial charge in [-0.15, -0.1) is 0 Å². The quantitative estimate of drug-likeness (QED) is 0.881. The van der Waals surface area contributed by atoms with Crippen LogP contribution in [0.4, 0.5) is 0 Å².